The normalized spacial score (nSPS) is 11.0. The van der Waals surface area contributed by atoms with Gasteiger partial charge in [0, 0.05) is 11.1 Å². The first-order chi connectivity index (χ1) is 13.2. The summed E-state index contributed by atoms with van der Waals surface area (Å²) in [5.74, 6) is -1.06. The molecule has 2 rings (SSSR count). The molecule has 10 heteroatoms. The van der Waals surface area contributed by atoms with E-state index in [0.29, 0.717) is 16.5 Å². The molecule has 0 heterocycles. The lowest BCUT2D eigenvalue weighted by Crippen LogP contribution is -2.22. The van der Waals surface area contributed by atoms with E-state index in [0.717, 1.165) is 11.6 Å². The first-order valence-electron chi connectivity index (χ1n) is 8.02. The summed E-state index contributed by atoms with van der Waals surface area (Å²) in [5, 5.41) is 3.06. The molecule has 8 nitrogen and oxygen atoms in total. The maximum atomic E-state index is 12.1. The molecular weight excluding hydrogens is 408 g/mol. The van der Waals surface area contributed by atoms with Crippen LogP contribution in [0.25, 0.3) is 0 Å². The minimum absolute atomic E-state index is 0.00374. The van der Waals surface area contributed by atoms with Crippen molar-refractivity contribution in [1.29, 1.82) is 0 Å². The Morgan fingerprint density at radius 3 is 2.54 bits per heavy atom. The van der Waals surface area contributed by atoms with E-state index in [1.54, 1.807) is 19.1 Å². The van der Waals surface area contributed by atoms with Crippen molar-refractivity contribution in [2.75, 3.05) is 26.1 Å². The third-order valence-corrected chi connectivity index (χ3v) is 5.56. The van der Waals surface area contributed by atoms with Crippen LogP contribution >= 0.6 is 11.6 Å². The maximum Gasteiger partial charge on any atom is 0.338 e. The minimum atomic E-state index is -3.70. The molecule has 0 fully saturated rings. The van der Waals surface area contributed by atoms with Crippen molar-refractivity contribution in [3.05, 3.63) is 52.5 Å². The van der Waals surface area contributed by atoms with Crippen LogP contribution in [0.15, 0.2) is 41.3 Å². The number of amides is 1. The van der Waals surface area contributed by atoms with Crippen LogP contribution in [-0.2, 0) is 19.6 Å². The SMILES string of the molecule is CNS(=O)(=O)c1cccc(C(=O)OCC(=O)Nc2cc(C)c(Cl)cc2OC)c1. The topological polar surface area (TPSA) is 111 Å². The summed E-state index contributed by atoms with van der Waals surface area (Å²) in [6.45, 7) is 1.20. The molecule has 0 aliphatic heterocycles. The summed E-state index contributed by atoms with van der Waals surface area (Å²) in [7, 11) is -1.01. The monoisotopic (exact) mass is 426 g/mol. The van der Waals surface area contributed by atoms with Gasteiger partial charge in [0.2, 0.25) is 10.0 Å². The largest absolute Gasteiger partial charge is 0.495 e. The Labute approximate surface area is 167 Å². The second kappa shape index (κ2) is 9.05. The van der Waals surface area contributed by atoms with Gasteiger partial charge in [-0.2, -0.15) is 0 Å². The number of rotatable bonds is 7. The van der Waals surface area contributed by atoms with E-state index in [4.69, 9.17) is 21.1 Å². The van der Waals surface area contributed by atoms with Crippen molar-refractivity contribution in [3.8, 4) is 5.75 Å². The number of halogens is 1. The Hall–Kier alpha value is -2.62. The van der Waals surface area contributed by atoms with Crippen molar-refractivity contribution >= 4 is 39.2 Å². The molecule has 0 unspecified atom stereocenters. The first kappa shape index (κ1) is 21.7. The molecule has 2 aromatic rings. The van der Waals surface area contributed by atoms with Crippen molar-refractivity contribution in [3.63, 3.8) is 0 Å². The predicted molar refractivity (Wildman–Crippen MR) is 104 cm³/mol. The number of nitrogens with one attached hydrogen (secondary N) is 2. The summed E-state index contributed by atoms with van der Waals surface area (Å²) < 4.78 is 35.9. The zero-order chi connectivity index (χ0) is 20.9. The van der Waals surface area contributed by atoms with Crippen LogP contribution in [0.5, 0.6) is 5.75 Å². The fraction of sp³-hybridized carbons (Fsp3) is 0.222. The summed E-state index contributed by atoms with van der Waals surface area (Å²) in [6, 6.07) is 8.49. The number of carbonyl (C=O) groups excluding carboxylic acids is 2. The van der Waals surface area contributed by atoms with Crippen LogP contribution in [0, 0.1) is 6.92 Å². The average Bonchev–Trinajstić information content (AvgIpc) is 2.68. The quantitative estimate of drug-likeness (QED) is 0.657. The molecule has 0 spiro atoms. The molecule has 150 valence electrons. The highest BCUT2D eigenvalue weighted by molar-refractivity contribution is 7.89. The summed E-state index contributed by atoms with van der Waals surface area (Å²) in [5.41, 5.74) is 1.12. The minimum Gasteiger partial charge on any atom is -0.495 e. The van der Waals surface area contributed by atoms with Crippen LogP contribution < -0.4 is 14.8 Å². The van der Waals surface area contributed by atoms with E-state index in [1.165, 1.54) is 32.4 Å². The number of sulfonamides is 1. The molecule has 2 N–H and O–H groups in total. The molecule has 0 atom stereocenters. The van der Waals surface area contributed by atoms with Gasteiger partial charge in [0.1, 0.15) is 5.75 Å². The highest BCUT2D eigenvalue weighted by Crippen LogP contribution is 2.30. The van der Waals surface area contributed by atoms with Crippen molar-refractivity contribution < 1.29 is 27.5 Å². The van der Waals surface area contributed by atoms with Gasteiger partial charge in [-0.15, -0.1) is 0 Å². The third-order valence-electron chi connectivity index (χ3n) is 3.74. The van der Waals surface area contributed by atoms with Crippen molar-refractivity contribution in [2.24, 2.45) is 0 Å². The lowest BCUT2D eigenvalue weighted by atomic mass is 10.2. The van der Waals surface area contributed by atoms with Crippen molar-refractivity contribution in [1.82, 2.24) is 4.72 Å². The molecule has 0 bridgehead atoms. The predicted octanol–water partition coefficient (Wildman–Crippen LogP) is 2.36. The number of hydrogen-bond acceptors (Lipinski definition) is 6. The standard InChI is InChI=1S/C18H19ClN2O6S/c1-11-7-15(16(26-3)9-14(11)19)21-17(22)10-27-18(23)12-5-4-6-13(8-12)28(24,25)20-2/h4-9,20H,10H2,1-3H3,(H,21,22). The molecule has 28 heavy (non-hydrogen) atoms. The van der Waals surface area contributed by atoms with Gasteiger partial charge in [-0.25, -0.2) is 17.9 Å². The second-order valence-corrected chi connectivity index (χ2v) is 7.96. The molecule has 0 saturated carbocycles. The molecule has 0 radical (unpaired) electrons. The van der Waals surface area contributed by atoms with E-state index < -0.39 is 28.5 Å². The van der Waals surface area contributed by atoms with E-state index in [9.17, 15) is 18.0 Å². The zero-order valence-corrected chi connectivity index (χ0v) is 17.0. The molecule has 0 aliphatic carbocycles. The molecule has 0 saturated heterocycles. The number of benzene rings is 2. The van der Waals surface area contributed by atoms with Gasteiger partial charge >= 0.3 is 5.97 Å². The summed E-state index contributed by atoms with van der Waals surface area (Å²) >= 11 is 6.02. The van der Waals surface area contributed by atoms with Gasteiger partial charge < -0.3 is 14.8 Å². The number of methoxy groups -OCH3 is 1. The number of hydrogen-bond donors (Lipinski definition) is 2. The Kier molecular flexibility index (Phi) is 7.00. The van der Waals surface area contributed by atoms with Gasteiger partial charge in [0.15, 0.2) is 6.61 Å². The molecule has 0 aromatic heterocycles. The number of aryl methyl sites for hydroxylation is 1. The van der Waals surface area contributed by atoms with Gasteiger partial charge in [-0.05, 0) is 43.8 Å². The number of anilines is 1. The van der Waals surface area contributed by atoms with Crippen LogP contribution in [0.1, 0.15) is 15.9 Å². The molecule has 2 aromatic carbocycles. The number of carbonyl (C=O) groups is 2. The fourth-order valence-corrected chi connectivity index (χ4v) is 3.17. The summed E-state index contributed by atoms with van der Waals surface area (Å²) in [6.07, 6.45) is 0. The highest BCUT2D eigenvalue weighted by atomic mass is 35.5. The number of esters is 1. The Morgan fingerprint density at radius 2 is 1.89 bits per heavy atom. The lowest BCUT2D eigenvalue weighted by Gasteiger charge is -2.12. The van der Waals surface area contributed by atoms with E-state index in [-0.39, 0.29) is 10.5 Å². The van der Waals surface area contributed by atoms with Gasteiger partial charge in [0.05, 0.1) is 23.3 Å². The lowest BCUT2D eigenvalue weighted by molar-refractivity contribution is -0.119. The van der Waals surface area contributed by atoms with Crippen LogP contribution in [0.3, 0.4) is 0 Å². The average molecular weight is 427 g/mol. The van der Waals surface area contributed by atoms with Crippen LogP contribution in [0.2, 0.25) is 5.02 Å². The Morgan fingerprint density at radius 1 is 1.18 bits per heavy atom. The van der Waals surface area contributed by atoms with E-state index in [2.05, 4.69) is 10.0 Å². The second-order valence-electron chi connectivity index (χ2n) is 5.66. The Bertz CT molecular complexity index is 1010. The fourth-order valence-electron chi connectivity index (χ4n) is 2.24. The van der Waals surface area contributed by atoms with Gasteiger partial charge in [-0.3, -0.25) is 4.79 Å². The Balaban J connectivity index is 2.05. The summed E-state index contributed by atoms with van der Waals surface area (Å²) in [4.78, 5) is 24.1. The van der Waals surface area contributed by atoms with E-state index in [1.807, 2.05) is 0 Å². The van der Waals surface area contributed by atoms with Crippen LogP contribution in [-0.4, -0.2) is 41.1 Å². The highest BCUT2D eigenvalue weighted by Gasteiger charge is 2.17. The van der Waals surface area contributed by atoms with E-state index >= 15 is 0 Å². The van der Waals surface area contributed by atoms with Crippen molar-refractivity contribution in [2.45, 2.75) is 11.8 Å². The van der Waals surface area contributed by atoms with Crippen LogP contribution in [0.4, 0.5) is 5.69 Å². The number of ether oxygens (including phenoxy) is 2. The van der Waals surface area contributed by atoms with Gasteiger partial charge in [-0.1, -0.05) is 17.7 Å². The smallest absolute Gasteiger partial charge is 0.338 e. The molecule has 0 aliphatic rings. The van der Waals surface area contributed by atoms with Gasteiger partial charge in [0.25, 0.3) is 5.91 Å². The third kappa shape index (κ3) is 5.22. The zero-order valence-electron chi connectivity index (χ0n) is 15.4. The molecular formula is C18H19ClN2O6S. The first-order valence-corrected chi connectivity index (χ1v) is 9.88. The molecule has 1 amide bonds. The maximum absolute atomic E-state index is 12.1.